The molecule has 0 saturated carbocycles. The molecule has 0 unspecified atom stereocenters. The molecule has 2 nitrogen and oxygen atoms in total. The van der Waals surface area contributed by atoms with Gasteiger partial charge in [-0.2, -0.15) is 5.26 Å². The van der Waals surface area contributed by atoms with Crippen molar-refractivity contribution in [3.8, 4) is 6.07 Å². The van der Waals surface area contributed by atoms with Gasteiger partial charge in [0.05, 0.1) is 14.1 Å². The number of nitriles is 1. The van der Waals surface area contributed by atoms with Gasteiger partial charge in [-0.05, 0) is 12.1 Å². The van der Waals surface area contributed by atoms with Gasteiger partial charge in [0.2, 0.25) is 0 Å². The summed E-state index contributed by atoms with van der Waals surface area (Å²) in [5.41, 5.74) is 1.17. The standard InChI is InChI=1S/C10H13N2.Sn.4H/c1-12(2,9-8-11)10-6-4-3-5-7-10;;;;;/h3-7H,9H2,1-2H3;;;;;/q+1;;;;;. The van der Waals surface area contributed by atoms with E-state index in [9.17, 15) is 0 Å². The molecule has 0 fully saturated rings. The van der Waals surface area contributed by atoms with E-state index < -0.39 is 0 Å². The van der Waals surface area contributed by atoms with Crippen molar-refractivity contribution in [2.24, 2.45) is 0 Å². The number of rotatable bonds is 2. The van der Waals surface area contributed by atoms with Gasteiger partial charge in [-0.1, -0.05) is 18.2 Å². The van der Waals surface area contributed by atoms with Crippen LogP contribution in [0.25, 0.3) is 0 Å². The molecule has 0 aromatic heterocycles. The van der Waals surface area contributed by atoms with Gasteiger partial charge in [-0.3, -0.25) is 4.48 Å². The van der Waals surface area contributed by atoms with E-state index in [1.54, 1.807) is 0 Å². The van der Waals surface area contributed by atoms with Crippen LogP contribution in [0.5, 0.6) is 0 Å². The minimum atomic E-state index is 0. The number of hydrogen-bond donors (Lipinski definition) is 0. The summed E-state index contributed by atoms with van der Waals surface area (Å²) in [6, 6.07) is 12.2. The molecule has 1 aromatic carbocycles. The molecule has 0 radical (unpaired) electrons. The van der Waals surface area contributed by atoms with Crippen molar-refractivity contribution in [2.75, 3.05) is 20.6 Å². The summed E-state index contributed by atoms with van der Waals surface area (Å²) in [5.74, 6) is 0. The molecule has 70 valence electrons. The summed E-state index contributed by atoms with van der Waals surface area (Å²) in [7, 11) is 4.05. The molecule has 0 aliphatic heterocycles. The fraction of sp³-hybridized carbons (Fsp3) is 0.300. The van der Waals surface area contributed by atoms with E-state index in [0.717, 1.165) is 0 Å². The fourth-order valence-corrected chi connectivity index (χ4v) is 1.10. The zero-order valence-electron chi connectivity index (χ0n) is 7.49. The first-order valence-corrected chi connectivity index (χ1v) is 3.92. The minimum absolute atomic E-state index is 0. The molecule has 0 atom stereocenters. The Hall–Kier alpha value is -0.531. The molecule has 0 aliphatic rings. The maximum atomic E-state index is 8.60. The van der Waals surface area contributed by atoms with E-state index in [4.69, 9.17) is 5.26 Å². The summed E-state index contributed by atoms with van der Waals surface area (Å²) in [6.07, 6.45) is 0. The van der Waals surface area contributed by atoms with Gasteiger partial charge in [0.15, 0.2) is 6.54 Å². The maximum absolute atomic E-state index is 8.60. The number of nitrogens with zero attached hydrogens (tertiary/aromatic N) is 2. The average Bonchev–Trinajstić information content (AvgIpc) is 2.06. The number of para-hydroxylation sites is 1. The van der Waals surface area contributed by atoms with E-state index in [0.29, 0.717) is 11.0 Å². The van der Waals surface area contributed by atoms with E-state index >= 15 is 0 Å². The predicted octanol–water partition coefficient (Wildman–Crippen LogP) is 0.325. The molecule has 0 aliphatic carbocycles. The summed E-state index contributed by atoms with van der Waals surface area (Å²) in [5, 5.41) is 8.60. The van der Waals surface area contributed by atoms with Gasteiger partial charge in [0.1, 0.15) is 11.8 Å². The molecule has 0 bridgehead atoms. The van der Waals surface area contributed by atoms with E-state index in [-0.39, 0.29) is 23.9 Å². The second kappa shape index (κ2) is 5.25. The van der Waals surface area contributed by atoms with Crippen molar-refractivity contribution in [1.29, 1.82) is 5.26 Å². The van der Waals surface area contributed by atoms with E-state index in [1.807, 2.05) is 44.4 Å². The Morgan fingerprint density at radius 1 is 1.23 bits per heavy atom. The molecular formula is C10H17N2Sn+. The van der Waals surface area contributed by atoms with Crippen molar-refractivity contribution in [3.63, 3.8) is 0 Å². The summed E-state index contributed by atoms with van der Waals surface area (Å²) < 4.78 is 0.622. The Kier molecular flexibility index (Phi) is 5.04. The normalized spacial score (nSPS) is 9.92. The van der Waals surface area contributed by atoms with Crippen molar-refractivity contribution in [1.82, 2.24) is 4.48 Å². The zero-order valence-corrected chi connectivity index (χ0v) is 7.49. The Morgan fingerprint density at radius 2 is 1.77 bits per heavy atom. The number of hydrogen-bond acceptors (Lipinski definition) is 1. The Balaban J connectivity index is 0.00000144. The van der Waals surface area contributed by atoms with Gasteiger partial charge >= 0.3 is 23.9 Å². The monoisotopic (exact) mass is 285 g/mol. The molecule has 3 heteroatoms. The van der Waals surface area contributed by atoms with Crippen LogP contribution in [-0.2, 0) is 0 Å². The summed E-state index contributed by atoms with van der Waals surface area (Å²) in [6.45, 7) is 0.504. The predicted molar refractivity (Wildman–Crippen MR) is 61.9 cm³/mol. The molecule has 0 spiro atoms. The van der Waals surface area contributed by atoms with Crippen LogP contribution in [0.4, 0.5) is 5.69 Å². The SMILES string of the molecule is C[N+](C)(CC#N)c1ccccc1.[SnH4]. The summed E-state index contributed by atoms with van der Waals surface area (Å²) >= 11 is 0. The van der Waals surface area contributed by atoms with Gasteiger partial charge in [-0.15, -0.1) is 0 Å². The second-order valence-electron chi connectivity index (χ2n) is 3.34. The van der Waals surface area contributed by atoms with Crippen LogP contribution < -0.4 is 4.48 Å². The first-order valence-electron chi connectivity index (χ1n) is 3.92. The van der Waals surface area contributed by atoms with Gasteiger partial charge in [0.25, 0.3) is 0 Å². The van der Waals surface area contributed by atoms with Crippen LogP contribution in [-0.4, -0.2) is 44.5 Å². The molecule has 0 heterocycles. The third kappa shape index (κ3) is 3.37. The first kappa shape index (κ1) is 12.5. The molecule has 0 amide bonds. The quantitative estimate of drug-likeness (QED) is 0.436. The topological polar surface area (TPSA) is 23.8 Å². The van der Waals surface area contributed by atoms with Crippen LogP contribution in [0.2, 0.25) is 0 Å². The van der Waals surface area contributed by atoms with Gasteiger partial charge in [-0.25, -0.2) is 0 Å². The Labute approximate surface area is 96.3 Å². The van der Waals surface area contributed by atoms with E-state index in [2.05, 4.69) is 6.07 Å². The van der Waals surface area contributed by atoms with Crippen LogP contribution in [0.1, 0.15) is 0 Å². The molecule has 1 rings (SSSR count). The fourth-order valence-electron chi connectivity index (χ4n) is 1.10. The third-order valence-corrected chi connectivity index (χ3v) is 1.92. The number of benzene rings is 1. The van der Waals surface area contributed by atoms with Crippen molar-refractivity contribution >= 4 is 29.6 Å². The molecule has 0 saturated heterocycles. The molecule has 1 aromatic rings. The van der Waals surface area contributed by atoms with Crippen LogP contribution >= 0.6 is 0 Å². The molecular weight excluding hydrogens is 267 g/mol. The van der Waals surface area contributed by atoms with Crippen LogP contribution in [0, 0.1) is 11.3 Å². The summed E-state index contributed by atoms with van der Waals surface area (Å²) in [4.78, 5) is 0. The van der Waals surface area contributed by atoms with Crippen molar-refractivity contribution in [3.05, 3.63) is 30.3 Å². The Bertz CT molecular complexity index is 288. The second-order valence-corrected chi connectivity index (χ2v) is 3.34. The van der Waals surface area contributed by atoms with Crippen molar-refractivity contribution in [2.45, 2.75) is 0 Å². The Morgan fingerprint density at radius 3 is 2.23 bits per heavy atom. The van der Waals surface area contributed by atoms with Crippen molar-refractivity contribution < 1.29 is 0 Å². The first-order chi connectivity index (χ1) is 5.67. The van der Waals surface area contributed by atoms with E-state index in [1.165, 1.54) is 5.69 Å². The molecule has 0 N–H and O–H groups in total. The average molecular weight is 284 g/mol. The molecule has 13 heavy (non-hydrogen) atoms. The zero-order chi connectivity index (χ0) is 9.03. The van der Waals surface area contributed by atoms with Crippen LogP contribution in [0.15, 0.2) is 30.3 Å². The van der Waals surface area contributed by atoms with Gasteiger partial charge in [0, 0.05) is 0 Å². The third-order valence-electron chi connectivity index (χ3n) is 1.92. The van der Waals surface area contributed by atoms with Gasteiger partial charge < -0.3 is 0 Å². The van der Waals surface area contributed by atoms with Crippen LogP contribution in [0.3, 0.4) is 0 Å². The number of quaternary nitrogens is 1.